The Hall–Kier alpha value is -1.92. The Morgan fingerprint density at radius 2 is 1.83 bits per heavy atom. The van der Waals surface area contributed by atoms with Crippen molar-refractivity contribution in [2.45, 2.75) is 0 Å². The van der Waals surface area contributed by atoms with Crippen LogP contribution in [-0.2, 0) is 4.74 Å². The van der Waals surface area contributed by atoms with E-state index in [1.165, 1.54) is 5.01 Å². The molecule has 1 aromatic carbocycles. The number of hydrogen-bond acceptors (Lipinski definition) is 5. The van der Waals surface area contributed by atoms with Crippen LogP contribution in [0, 0.1) is 0 Å². The highest BCUT2D eigenvalue weighted by Gasteiger charge is 2.40. The number of hydrogen-bond donors (Lipinski definition) is 1. The third kappa shape index (κ3) is 1.50. The van der Waals surface area contributed by atoms with Crippen LogP contribution >= 0.6 is 0 Å². The number of nitrogens with zero attached hydrogens (tertiary/aromatic N) is 2. The van der Waals surface area contributed by atoms with Crippen molar-refractivity contribution < 1.29 is 14.3 Å². The second-order valence-corrected chi connectivity index (χ2v) is 4.26. The van der Waals surface area contributed by atoms with E-state index in [0.717, 1.165) is 0 Å². The molecule has 1 saturated heterocycles. The molecule has 2 aliphatic heterocycles. The first-order valence-corrected chi connectivity index (χ1v) is 5.80. The molecule has 0 atom stereocenters. The summed E-state index contributed by atoms with van der Waals surface area (Å²) in [5.41, 5.74) is 6.82. The summed E-state index contributed by atoms with van der Waals surface area (Å²) in [6.45, 7) is 2.10. The van der Waals surface area contributed by atoms with Crippen molar-refractivity contribution in [3.8, 4) is 0 Å². The molecule has 0 spiro atoms. The average molecular weight is 247 g/mol. The zero-order valence-electron chi connectivity index (χ0n) is 9.76. The molecular weight excluding hydrogens is 234 g/mol. The number of morpholine rings is 1. The number of carbonyl (C=O) groups is 2. The number of rotatable bonds is 1. The van der Waals surface area contributed by atoms with Gasteiger partial charge in [0.1, 0.15) is 0 Å². The van der Waals surface area contributed by atoms with Gasteiger partial charge in [-0.25, -0.2) is 10.0 Å². The first-order chi connectivity index (χ1) is 8.70. The van der Waals surface area contributed by atoms with E-state index < -0.39 is 0 Å². The normalized spacial score (nSPS) is 20.3. The van der Waals surface area contributed by atoms with Gasteiger partial charge in [-0.05, 0) is 12.1 Å². The summed E-state index contributed by atoms with van der Waals surface area (Å²) in [6, 6.07) is 4.95. The van der Waals surface area contributed by atoms with Crippen LogP contribution in [0.25, 0.3) is 0 Å². The number of nitrogen functional groups attached to an aromatic ring is 1. The van der Waals surface area contributed by atoms with Gasteiger partial charge in [-0.15, -0.1) is 0 Å². The van der Waals surface area contributed by atoms with E-state index in [2.05, 4.69) is 0 Å². The molecule has 0 aliphatic carbocycles. The van der Waals surface area contributed by atoms with E-state index in [4.69, 9.17) is 10.5 Å². The predicted octanol–water partition coefficient (Wildman–Crippen LogP) is 0.112. The Morgan fingerprint density at radius 1 is 1.11 bits per heavy atom. The van der Waals surface area contributed by atoms with Crippen LogP contribution in [-0.4, -0.2) is 48.1 Å². The Balaban J connectivity index is 1.99. The van der Waals surface area contributed by atoms with Crippen LogP contribution in [0.5, 0.6) is 0 Å². The summed E-state index contributed by atoms with van der Waals surface area (Å²) < 4.78 is 5.21. The predicted molar refractivity (Wildman–Crippen MR) is 63.7 cm³/mol. The van der Waals surface area contributed by atoms with E-state index in [-0.39, 0.29) is 11.8 Å². The highest BCUT2D eigenvalue weighted by Crippen LogP contribution is 2.28. The largest absolute Gasteiger partial charge is 0.398 e. The Bertz CT molecular complexity index is 523. The lowest BCUT2D eigenvalue weighted by molar-refractivity contribution is -0.0524. The SMILES string of the molecule is Nc1cccc2c1C(=O)N(N1CCOCC1)C2=O. The van der Waals surface area contributed by atoms with Gasteiger partial charge in [0.2, 0.25) is 0 Å². The van der Waals surface area contributed by atoms with Crippen molar-refractivity contribution in [1.29, 1.82) is 0 Å². The lowest BCUT2D eigenvalue weighted by atomic mass is 10.1. The highest BCUT2D eigenvalue weighted by atomic mass is 16.5. The van der Waals surface area contributed by atoms with Gasteiger partial charge in [0.05, 0.1) is 24.3 Å². The van der Waals surface area contributed by atoms with Gasteiger partial charge in [-0.2, -0.15) is 0 Å². The summed E-state index contributed by atoms with van der Waals surface area (Å²) >= 11 is 0. The van der Waals surface area contributed by atoms with Crippen LogP contribution in [0.2, 0.25) is 0 Å². The van der Waals surface area contributed by atoms with E-state index in [1.807, 2.05) is 0 Å². The fourth-order valence-electron chi connectivity index (χ4n) is 2.31. The van der Waals surface area contributed by atoms with Gasteiger partial charge >= 0.3 is 0 Å². The van der Waals surface area contributed by atoms with E-state index in [1.54, 1.807) is 23.2 Å². The fourth-order valence-corrected chi connectivity index (χ4v) is 2.31. The molecule has 0 radical (unpaired) electrons. The van der Waals surface area contributed by atoms with Gasteiger partial charge in [0.25, 0.3) is 11.8 Å². The van der Waals surface area contributed by atoms with Gasteiger partial charge < -0.3 is 10.5 Å². The van der Waals surface area contributed by atoms with Crippen molar-refractivity contribution in [3.05, 3.63) is 29.3 Å². The van der Waals surface area contributed by atoms with Crippen LogP contribution in [0.4, 0.5) is 5.69 Å². The van der Waals surface area contributed by atoms with Crippen LogP contribution in [0.15, 0.2) is 18.2 Å². The summed E-state index contributed by atoms with van der Waals surface area (Å²) in [4.78, 5) is 24.5. The number of amides is 2. The third-order valence-electron chi connectivity index (χ3n) is 3.20. The summed E-state index contributed by atoms with van der Waals surface area (Å²) in [5.74, 6) is -0.640. The lowest BCUT2D eigenvalue weighted by Crippen LogP contribution is -2.51. The molecule has 0 aromatic heterocycles. The maximum Gasteiger partial charge on any atom is 0.278 e. The Morgan fingerprint density at radius 3 is 2.50 bits per heavy atom. The van der Waals surface area contributed by atoms with Crippen LogP contribution in [0.3, 0.4) is 0 Å². The minimum atomic E-state index is -0.338. The molecule has 6 nitrogen and oxygen atoms in total. The molecular formula is C12H13N3O3. The zero-order chi connectivity index (χ0) is 12.7. The molecule has 2 amide bonds. The van der Waals surface area contributed by atoms with Crippen LogP contribution < -0.4 is 5.73 Å². The van der Waals surface area contributed by atoms with Crippen molar-refractivity contribution in [2.75, 3.05) is 32.0 Å². The topological polar surface area (TPSA) is 75.9 Å². The smallest absolute Gasteiger partial charge is 0.278 e. The zero-order valence-corrected chi connectivity index (χ0v) is 9.76. The average Bonchev–Trinajstić information content (AvgIpc) is 2.64. The highest BCUT2D eigenvalue weighted by molar-refractivity contribution is 6.23. The van der Waals surface area contributed by atoms with Gasteiger partial charge in [0.15, 0.2) is 0 Å². The summed E-state index contributed by atoms with van der Waals surface area (Å²) in [7, 11) is 0. The maximum absolute atomic E-state index is 12.3. The number of carbonyl (C=O) groups excluding carboxylic acids is 2. The Labute approximate surface area is 104 Å². The number of imide groups is 1. The molecule has 2 heterocycles. The number of anilines is 1. The second kappa shape index (κ2) is 4.08. The van der Waals surface area contributed by atoms with Gasteiger partial charge in [-0.3, -0.25) is 9.59 Å². The molecule has 2 aliphatic rings. The number of benzene rings is 1. The fraction of sp³-hybridized carbons (Fsp3) is 0.333. The summed E-state index contributed by atoms with van der Waals surface area (Å²) in [6.07, 6.45) is 0. The minimum Gasteiger partial charge on any atom is -0.398 e. The molecule has 18 heavy (non-hydrogen) atoms. The van der Waals surface area contributed by atoms with Gasteiger partial charge in [0, 0.05) is 18.8 Å². The molecule has 6 heteroatoms. The second-order valence-electron chi connectivity index (χ2n) is 4.26. The minimum absolute atomic E-state index is 0.302. The molecule has 0 unspecified atom stereocenters. The standard InChI is InChI=1S/C12H13N3O3/c13-9-3-1-2-8-10(9)12(17)15(11(8)16)14-4-6-18-7-5-14/h1-3H,4-7,13H2. The third-order valence-corrected chi connectivity index (χ3v) is 3.20. The molecule has 94 valence electrons. The molecule has 1 aromatic rings. The van der Waals surface area contributed by atoms with E-state index in [0.29, 0.717) is 43.1 Å². The van der Waals surface area contributed by atoms with Crippen LogP contribution in [0.1, 0.15) is 20.7 Å². The van der Waals surface area contributed by atoms with E-state index in [9.17, 15) is 9.59 Å². The summed E-state index contributed by atoms with van der Waals surface area (Å²) in [5, 5.41) is 2.90. The molecule has 3 rings (SSSR count). The monoisotopic (exact) mass is 247 g/mol. The molecule has 2 N–H and O–H groups in total. The van der Waals surface area contributed by atoms with Crippen molar-refractivity contribution in [2.24, 2.45) is 0 Å². The number of nitrogens with two attached hydrogens (primary N) is 1. The maximum atomic E-state index is 12.3. The first-order valence-electron chi connectivity index (χ1n) is 5.80. The number of ether oxygens (including phenoxy) is 1. The van der Waals surface area contributed by atoms with Crippen molar-refractivity contribution >= 4 is 17.5 Å². The lowest BCUT2D eigenvalue weighted by Gasteiger charge is -2.32. The number of fused-ring (bicyclic) bond motifs is 1. The number of hydrazine groups is 1. The van der Waals surface area contributed by atoms with E-state index >= 15 is 0 Å². The molecule has 1 fully saturated rings. The Kier molecular flexibility index (Phi) is 2.53. The first kappa shape index (κ1) is 11.2. The van der Waals surface area contributed by atoms with Gasteiger partial charge in [-0.1, -0.05) is 6.07 Å². The molecule has 0 saturated carbocycles. The van der Waals surface area contributed by atoms with Crippen molar-refractivity contribution in [3.63, 3.8) is 0 Å². The quantitative estimate of drug-likeness (QED) is 0.563. The van der Waals surface area contributed by atoms with Crippen molar-refractivity contribution in [1.82, 2.24) is 10.0 Å². The molecule has 0 bridgehead atoms.